The number of nitrogens with one attached hydrogen (secondary N) is 1. The van der Waals surface area contributed by atoms with Crippen LogP contribution in [0.1, 0.15) is 33.9 Å². The van der Waals surface area contributed by atoms with Crippen LogP contribution in [-0.4, -0.2) is 18.4 Å². The first kappa shape index (κ1) is 20.5. The Labute approximate surface area is 178 Å². The van der Waals surface area contributed by atoms with Gasteiger partial charge in [-0.1, -0.05) is 18.2 Å². The molecule has 1 aliphatic rings. The fourth-order valence-corrected chi connectivity index (χ4v) is 3.98. The van der Waals surface area contributed by atoms with Crippen LogP contribution in [0.5, 0.6) is 0 Å². The van der Waals surface area contributed by atoms with Crippen molar-refractivity contribution in [2.75, 3.05) is 16.8 Å². The van der Waals surface area contributed by atoms with Crippen LogP contribution in [0.2, 0.25) is 0 Å². The highest BCUT2D eigenvalue weighted by Gasteiger charge is 2.30. The summed E-state index contributed by atoms with van der Waals surface area (Å²) in [4.78, 5) is 26.9. The zero-order valence-corrected chi connectivity index (χ0v) is 16.6. The monoisotopic (exact) mass is 421 g/mol. The summed E-state index contributed by atoms with van der Waals surface area (Å²) in [7, 11) is 0. The van der Waals surface area contributed by atoms with Crippen molar-refractivity contribution >= 4 is 23.2 Å². The number of anilines is 2. The second-order valence-corrected chi connectivity index (χ2v) is 7.42. The minimum absolute atomic E-state index is 0.341. The molecule has 0 fully saturated rings. The molecule has 0 saturated heterocycles. The van der Waals surface area contributed by atoms with Gasteiger partial charge in [0.05, 0.1) is 0 Å². The van der Waals surface area contributed by atoms with Crippen LogP contribution in [0.25, 0.3) is 0 Å². The summed E-state index contributed by atoms with van der Waals surface area (Å²) in [6, 6.07) is 15.7. The highest BCUT2D eigenvalue weighted by Crippen LogP contribution is 2.38. The van der Waals surface area contributed by atoms with Crippen molar-refractivity contribution in [1.29, 1.82) is 0 Å². The molecule has 1 heterocycles. The van der Waals surface area contributed by atoms with Crippen LogP contribution in [-0.2, 0) is 11.2 Å². The quantitative estimate of drug-likeness (QED) is 0.649. The molecule has 3 N–H and O–H groups in total. The molecule has 2 amide bonds. The van der Waals surface area contributed by atoms with Gasteiger partial charge in [0.2, 0.25) is 5.91 Å². The third-order valence-corrected chi connectivity index (χ3v) is 5.41. The molecule has 0 saturated carbocycles. The molecule has 0 spiro atoms. The van der Waals surface area contributed by atoms with E-state index in [9.17, 15) is 18.4 Å². The Morgan fingerprint density at radius 3 is 2.23 bits per heavy atom. The fraction of sp³-hybridized carbons (Fsp3) is 0.167. The molecular weight excluding hydrogens is 400 g/mol. The van der Waals surface area contributed by atoms with E-state index in [-0.39, 0.29) is 5.91 Å². The van der Waals surface area contributed by atoms with Gasteiger partial charge in [-0.3, -0.25) is 9.59 Å². The first-order valence-electron chi connectivity index (χ1n) is 9.94. The normalized spacial score (nSPS) is 13.9. The third-order valence-electron chi connectivity index (χ3n) is 5.41. The molecule has 7 heteroatoms. The lowest BCUT2D eigenvalue weighted by Gasteiger charge is -2.37. The standard InChI is InChI=1S/C24H21F2N3O2/c25-17-10-6-15(7-11-17)22(23(27)30)29-14-2-3-19-20(4-1-5-21(19)29)28-24(31)16-8-12-18(26)13-9-16/h1,4-13,22H,2-3,14H2,(H2,27,30)(H,28,31)/t22-/m0/s1. The van der Waals surface area contributed by atoms with Gasteiger partial charge in [-0.2, -0.15) is 0 Å². The second-order valence-electron chi connectivity index (χ2n) is 7.42. The number of nitrogens with two attached hydrogens (primary N) is 1. The Kier molecular flexibility index (Phi) is 5.66. The van der Waals surface area contributed by atoms with Crippen molar-refractivity contribution in [2.45, 2.75) is 18.9 Å². The maximum atomic E-state index is 13.4. The lowest BCUT2D eigenvalue weighted by molar-refractivity contribution is -0.119. The Morgan fingerprint density at radius 2 is 1.58 bits per heavy atom. The smallest absolute Gasteiger partial charge is 0.255 e. The van der Waals surface area contributed by atoms with E-state index in [1.807, 2.05) is 11.0 Å². The highest BCUT2D eigenvalue weighted by molar-refractivity contribution is 6.05. The number of carbonyl (C=O) groups excluding carboxylic acids is 2. The molecule has 0 aliphatic carbocycles. The molecule has 158 valence electrons. The van der Waals surface area contributed by atoms with Gasteiger partial charge in [-0.05, 0) is 72.5 Å². The fourth-order valence-electron chi connectivity index (χ4n) is 3.98. The zero-order chi connectivity index (χ0) is 22.0. The molecule has 1 atom stereocenters. The number of halogens is 2. The largest absolute Gasteiger partial charge is 0.368 e. The highest BCUT2D eigenvalue weighted by atomic mass is 19.1. The number of rotatable bonds is 5. The topological polar surface area (TPSA) is 75.4 Å². The third kappa shape index (κ3) is 4.26. The summed E-state index contributed by atoms with van der Waals surface area (Å²) >= 11 is 0. The lowest BCUT2D eigenvalue weighted by Crippen LogP contribution is -2.41. The minimum atomic E-state index is -0.761. The van der Waals surface area contributed by atoms with Gasteiger partial charge >= 0.3 is 0 Å². The van der Waals surface area contributed by atoms with Gasteiger partial charge < -0.3 is 16.0 Å². The number of nitrogens with zero attached hydrogens (tertiary/aromatic N) is 1. The van der Waals surface area contributed by atoms with Crippen LogP contribution in [0, 0.1) is 11.6 Å². The summed E-state index contributed by atoms with van der Waals surface area (Å²) in [6.45, 7) is 0.591. The molecular formula is C24H21F2N3O2. The number of benzene rings is 3. The summed E-state index contributed by atoms with van der Waals surface area (Å²) in [5.74, 6) is -1.70. The maximum Gasteiger partial charge on any atom is 0.255 e. The van der Waals surface area contributed by atoms with E-state index in [0.717, 1.165) is 17.7 Å². The number of hydrogen-bond acceptors (Lipinski definition) is 3. The molecule has 0 bridgehead atoms. The van der Waals surface area contributed by atoms with E-state index in [0.29, 0.717) is 29.8 Å². The SMILES string of the molecule is NC(=O)[C@H](c1ccc(F)cc1)N1CCCc2c(NC(=O)c3ccc(F)cc3)cccc21. The van der Waals surface area contributed by atoms with Crippen LogP contribution < -0.4 is 16.0 Å². The molecule has 31 heavy (non-hydrogen) atoms. The second kappa shape index (κ2) is 8.55. The molecule has 0 unspecified atom stereocenters. The Morgan fingerprint density at radius 1 is 0.935 bits per heavy atom. The van der Waals surface area contributed by atoms with E-state index in [2.05, 4.69) is 5.32 Å². The number of fused-ring (bicyclic) bond motifs is 1. The van der Waals surface area contributed by atoms with Crippen molar-refractivity contribution in [3.63, 3.8) is 0 Å². The van der Waals surface area contributed by atoms with Crippen molar-refractivity contribution in [2.24, 2.45) is 5.73 Å². The van der Waals surface area contributed by atoms with E-state index in [1.54, 1.807) is 24.3 Å². The molecule has 1 aliphatic heterocycles. The molecule has 3 aromatic carbocycles. The van der Waals surface area contributed by atoms with Crippen LogP contribution in [0.4, 0.5) is 20.2 Å². The van der Waals surface area contributed by atoms with Crippen LogP contribution in [0.15, 0.2) is 66.7 Å². The van der Waals surface area contributed by atoms with E-state index < -0.39 is 23.6 Å². The van der Waals surface area contributed by atoms with Gasteiger partial charge in [-0.25, -0.2) is 8.78 Å². The van der Waals surface area contributed by atoms with Gasteiger partial charge in [0.15, 0.2) is 0 Å². The minimum Gasteiger partial charge on any atom is -0.368 e. The molecule has 0 aromatic heterocycles. The van der Waals surface area contributed by atoms with Crippen molar-refractivity contribution in [1.82, 2.24) is 0 Å². The summed E-state index contributed by atoms with van der Waals surface area (Å²) in [5.41, 5.74) is 8.97. The number of hydrogen-bond donors (Lipinski definition) is 2. The maximum absolute atomic E-state index is 13.4. The molecule has 0 radical (unpaired) electrons. The summed E-state index contributed by atoms with van der Waals surface area (Å²) < 4.78 is 26.5. The van der Waals surface area contributed by atoms with Crippen molar-refractivity contribution < 1.29 is 18.4 Å². The molecule has 4 rings (SSSR count). The van der Waals surface area contributed by atoms with E-state index >= 15 is 0 Å². The predicted octanol–water partition coefficient (Wildman–Crippen LogP) is 4.20. The first-order chi connectivity index (χ1) is 14.9. The van der Waals surface area contributed by atoms with Gasteiger partial charge in [-0.15, -0.1) is 0 Å². The predicted molar refractivity (Wildman–Crippen MR) is 115 cm³/mol. The Bertz CT molecular complexity index is 1110. The lowest BCUT2D eigenvalue weighted by atomic mass is 9.95. The van der Waals surface area contributed by atoms with Gasteiger partial charge in [0, 0.05) is 23.5 Å². The number of primary amides is 1. The molecule has 3 aromatic rings. The van der Waals surface area contributed by atoms with Crippen molar-refractivity contribution in [3.05, 3.63) is 95.1 Å². The van der Waals surface area contributed by atoms with E-state index in [4.69, 9.17) is 5.73 Å². The van der Waals surface area contributed by atoms with Crippen LogP contribution >= 0.6 is 0 Å². The Hall–Kier alpha value is -3.74. The van der Waals surface area contributed by atoms with Crippen LogP contribution in [0.3, 0.4) is 0 Å². The van der Waals surface area contributed by atoms with Crippen molar-refractivity contribution in [3.8, 4) is 0 Å². The number of carbonyl (C=O) groups is 2. The van der Waals surface area contributed by atoms with E-state index in [1.165, 1.54) is 36.4 Å². The van der Waals surface area contributed by atoms with Gasteiger partial charge in [0.25, 0.3) is 5.91 Å². The average molecular weight is 421 g/mol. The first-order valence-corrected chi connectivity index (χ1v) is 9.94. The zero-order valence-electron chi connectivity index (χ0n) is 16.6. The Balaban J connectivity index is 1.67. The summed E-state index contributed by atoms with van der Waals surface area (Å²) in [6.07, 6.45) is 1.46. The molecule has 5 nitrogen and oxygen atoms in total. The summed E-state index contributed by atoms with van der Waals surface area (Å²) in [5, 5.41) is 2.89. The average Bonchev–Trinajstić information content (AvgIpc) is 2.76. The number of amides is 2. The van der Waals surface area contributed by atoms with Gasteiger partial charge in [0.1, 0.15) is 17.7 Å².